The highest BCUT2D eigenvalue weighted by Gasteiger charge is 2.50. The van der Waals surface area contributed by atoms with Crippen LogP contribution in [0.25, 0.3) is 0 Å². The Kier molecular flexibility index (Phi) is 6.74. The quantitative estimate of drug-likeness (QED) is 0.221. The lowest BCUT2D eigenvalue weighted by atomic mass is 9.72. The monoisotopic (exact) mass is 544 g/mol. The van der Waals surface area contributed by atoms with Gasteiger partial charge in [-0.1, -0.05) is 12.1 Å². The molecule has 0 radical (unpaired) electrons. The maximum atomic E-state index is 13.7. The minimum Gasteiger partial charge on any atom is -0.507 e. The summed E-state index contributed by atoms with van der Waals surface area (Å²) in [6.45, 7) is 0.610. The van der Waals surface area contributed by atoms with Crippen molar-refractivity contribution in [3.8, 4) is 17.2 Å². The van der Waals surface area contributed by atoms with Crippen molar-refractivity contribution in [1.29, 1.82) is 0 Å². The Morgan fingerprint density at radius 1 is 1.15 bits per heavy atom. The van der Waals surface area contributed by atoms with Crippen LogP contribution in [0.15, 0.2) is 18.2 Å². The van der Waals surface area contributed by atoms with Gasteiger partial charge in [-0.3, -0.25) is 14.4 Å². The van der Waals surface area contributed by atoms with Gasteiger partial charge in [-0.05, 0) is 13.0 Å². The van der Waals surface area contributed by atoms with Gasteiger partial charge in [0.2, 0.25) is 5.78 Å². The number of carbonyl (C=O) groups is 3. The Labute approximate surface area is 222 Å². The van der Waals surface area contributed by atoms with E-state index in [9.17, 15) is 39.9 Å². The lowest BCUT2D eigenvalue weighted by Gasteiger charge is -2.41. The summed E-state index contributed by atoms with van der Waals surface area (Å²) in [5.41, 5.74) is 0.362. The van der Waals surface area contributed by atoms with Crippen molar-refractivity contribution in [2.45, 2.75) is 62.4 Å². The number of aliphatic hydroxyl groups is 3. The van der Waals surface area contributed by atoms with E-state index in [1.807, 2.05) is 0 Å². The molecular weight excluding hydrogens is 514 g/mol. The van der Waals surface area contributed by atoms with Gasteiger partial charge in [-0.25, -0.2) is 0 Å². The van der Waals surface area contributed by atoms with Gasteiger partial charge in [0.05, 0.1) is 42.4 Å². The molecule has 8 N–H and O–H groups in total. The molecule has 1 unspecified atom stereocenters. The smallest absolute Gasteiger partial charge is 0.202 e. The SMILES string of the molecule is COc1cccc2c1C(=O)c1c(O)c3c(c(O)c1C2=O)C[C@@](O)(C(=O)CO)C[C@@H]3OC1C[C@H]([NH3+])[C@H](O)[C@H](C)O1. The molecule has 2 aromatic carbocycles. The maximum Gasteiger partial charge on any atom is 0.202 e. The van der Waals surface area contributed by atoms with Crippen LogP contribution in [-0.2, 0) is 20.7 Å². The van der Waals surface area contributed by atoms with Crippen molar-refractivity contribution in [2.24, 2.45) is 0 Å². The molecule has 5 rings (SSSR count). The summed E-state index contributed by atoms with van der Waals surface area (Å²) in [5, 5.41) is 53.8. The molecule has 0 saturated carbocycles. The number of ether oxygens (including phenoxy) is 3. The van der Waals surface area contributed by atoms with E-state index in [1.54, 1.807) is 6.92 Å². The maximum absolute atomic E-state index is 13.7. The van der Waals surface area contributed by atoms with E-state index in [-0.39, 0.29) is 34.4 Å². The van der Waals surface area contributed by atoms with Gasteiger partial charge < -0.3 is 45.5 Å². The molecule has 1 aliphatic heterocycles. The van der Waals surface area contributed by atoms with Crippen molar-refractivity contribution in [1.82, 2.24) is 0 Å². The molecule has 208 valence electrons. The number of aromatic hydroxyl groups is 2. The van der Waals surface area contributed by atoms with E-state index in [0.29, 0.717) is 0 Å². The number of rotatable bonds is 5. The lowest BCUT2D eigenvalue weighted by molar-refractivity contribution is -0.466. The van der Waals surface area contributed by atoms with Crippen molar-refractivity contribution in [3.63, 3.8) is 0 Å². The highest BCUT2D eigenvalue weighted by molar-refractivity contribution is 6.31. The van der Waals surface area contributed by atoms with Crippen molar-refractivity contribution in [3.05, 3.63) is 51.6 Å². The lowest BCUT2D eigenvalue weighted by Crippen LogP contribution is -2.71. The van der Waals surface area contributed by atoms with Crippen LogP contribution < -0.4 is 10.5 Å². The normalized spacial score (nSPS) is 29.8. The predicted octanol–water partition coefficient (Wildman–Crippen LogP) is -0.715. The number of fused-ring (bicyclic) bond motifs is 3. The Hall–Kier alpha value is -3.39. The number of hydrogen-bond donors (Lipinski definition) is 6. The number of hydrogen-bond acceptors (Lipinski definition) is 11. The number of aliphatic hydroxyl groups excluding tert-OH is 2. The molecule has 0 bridgehead atoms. The van der Waals surface area contributed by atoms with Gasteiger partial charge in [0, 0.05) is 29.5 Å². The number of quaternary nitrogens is 1. The Bertz CT molecular complexity index is 1380. The molecule has 2 aromatic rings. The summed E-state index contributed by atoms with van der Waals surface area (Å²) in [6, 6.07) is 3.90. The van der Waals surface area contributed by atoms with Gasteiger partial charge in [0.15, 0.2) is 17.9 Å². The van der Waals surface area contributed by atoms with Gasteiger partial charge in [-0.15, -0.1) is 0 Å². The third-order valence-corrected chi connectivity index (χ3v) is 7.88. The van der Waals surface area contributed by atoms with Crippen molar-refractivity contribution < 1.29 is 59.9 Å². The van der Waals surface area contributed by atoms with Gasteiger partial charge >= 0.3 is 0 Å². The first-order valence-electron chi connectivity index (χ1n) is 12.5. The van der Waals surface area contributed by atoms with Crippen LogP contribution >= 0.6 is 0 Å². The van der Waals surface area contributed by atoms with Gasteiger partial charge in [0.25, 0.3) is 0 Å². The Morgan fingerprint density at radius 3 is 2.49 bits per heavy atom. The second-order valence-electron chi connectivity index (χ2n) is 10.3. The number of carbonyl (C=O) groups excluding carboxylic acids is 3. The Morgan fingerprint density at radius 2 is 1.85 bits per heavy atom. The number of phenolic OH excluding ortho intramolecular Hbond substituents is 2. The fourth-order valence-corrected chi connectivity index (χ4v) is 5.81. The Balaban J connectivity index is 1.69. The standard InChI is InChI=1S/C27H29NO11/c1-10-22(31)13(28)6-17(38-10)39-15-8-27(36,16(30)9-29)7-12-19(15)26(35)21-20(24(12)33)23(32)11-4-3-5-14(37-2)18(11)25(21)34/h3-5,10,13,15,17,22,29,31,33,35-36H,6-9,28H2,1-2H3/p+1/t10-,13-,15-,17?,22+,27-/m0/s1. The number of methoxy groups -OCH3 is 1. The number of benzene rings is 2. The molecule has 3 aliphatic rings. The van der Waals surface area contributed by atoms with Crippen LogP contribution in [-0.4, -0.2) is 86.7 Å². The summed E-state index contributed by atoms with van der Waals surface area (Å²) >= 11 is 0. The average molecular weight is 545 g/mol. The molecule has 0 amide bonds. The van der Waals surface area contributed by atoms with Crippen LogP contribution in [0.5, 0.6) is 17.2 Å². The zero-order valence-corrected chi connectivity index (χ0v) is 21.3. The summed E-state index contributed by atoms with van der Waals surface area (Å²) in [7, 11) is 1.33. The highest BCUT2D eigenvalue weighted by Crippen LogP contribution is 2.52. The minimum absolute atomic E-state index is 0.0450. The van der Waals surface area contributed by atoms with Crippen LogP contribution in [0.1, 0.15) is 68.8 Å². The first kappa shape index (κ1) is 27.2. The fourth-order valence-electron chi connectivity index (χ4n) is 5.81. The van der Waals surface area contributed by atoms with Crippen molar-refractivity contribution >= 4 is 17.3 Å². The van der Waals surface area contributed by atoms with Crippen LogP contribution in [0.2, 0.25) is 0 Å². The summed E-state index contributed by atoms with van der Waals surface area (Å²) in [6.07, 6.45) is -4.72. The van der Waals surface area contributed by atoms with E-state index < -0.39 is 95.7 Å². The van der Waals surface area contributed by atoms with E-state index >= 15 is 0 Å². The van der Waals surface area contributed by atoms with Crippen molar-refractivity contribution in [2.75, 3.05) is 13.7 Å². The van der Waals surface area contributed by atoms with E-state index in [2.05, 4.69) is 5.73 Å². The topological polar surface area (TPSA) is 208 Å². The number of phenols is 2. The second-order valence-corrected chi connectivity index (χ2v) is 10.3. The predicted molar refractivity (Wildman–Crippen MR) is 130 cm³/mol. The molecule has 12 heteroatoms. The third kappa shape index (κ3) is 4.11. The van der Waals surface area contributed by atoms with E-state index in [4.69, 9.17) is 14.2 Å². The number of Topliss-reactive ketones (excluding diaryl/α,β-unsaturated/α-hetero) is 1. The fraction of sp³-hybridized carbons (Fsp3) is 0.444. The first-order valence-corrected chi connectivity index (χ1v) is 12.5. The molecule has 0 aromatic heterocycles. The molecule has 6 atom stereocenters. The molecule has 39 heavy (non-hydrogen) atoms. The molecule has 1 fully saturated rings. The van der Waals surface area contributed by atoms with Gasteiger partial charge in [0.1, 0.15) is 41.6 Å². The zero-order chi connectivity index (χ0) is 28.4. The number of ketones is 3. The van der Waals surface area contributed by atoms with Crippen LogP contribution in [0.4, 0.5) is 0 Å². The molecule has 12 nitrogen and oxygen atoms in total. The van der Waals surface area contributed by atoms with E-state index in [0.717, 1.165) is 0 Å². The summed E-state index contributed by atoms with van der Waals surface area (Å²) in [5.74, 6) is -3.71. The third-order valence-electron chi connectivity index (χ3n) is 7.88. The van der Waals surface area contributed by atoms with E-state index in [1.165, 1.54) is 25.3 Å². The summed E-state index contributed by atoms with van der Waals surface area (Å²) in [4.78, 5) is 39.8. The van der Waals surface area contributed by atoms with Crippen LogP contribution in [0, 0.1) is 0 Å². The largest absolute Gasteiger partial charge is 0.507 e. The minimum atomic E-state index is -2.23. The molecule has 2 aliphatic carbocycles. The highest BCUT2D eigenvalue weighted by atomic mass is 16.7. The van der Waals surface area contributed by atoms with Crippen LogP contribution in [0.3, 0.4) is 0 Å². The first-order chi connectivity index (χ1) is 18.4. The average Bonchev–Trinajstić information content (AvgIpc) is 2.90. The zero-order valence-electron chi connectivity index (χ0n) is 21.3. The molecule has 1 heterocycles. The van der Waals surface area contributed by atoms with Gasteiger partial charge in [-0.2, -0.15) is 0 Å². The second kappa shape index (κ2) is 9.66. The molecular formula is C27H30NO11+. The molecule has 1 saturated heterocycles. The molecule has 0 spiro atoms. The summed E-state index contributed by atoms with van der Waals surface area (Å²) < 4.78 is 17.1.